The number of hydrogen-bond acceptors (Lipinski definition) is 4. The Balaban J connectivity index is 1.64. The zero-order valence-electron chi connectivity index (χ0n) is 14.2. The van der Waals surface area contributed by atoms with Crippen LogP contribution in [-0.4, -0.2) is 39.3 Å². The molecule has 0 aromatic heterocycles. The molecule has 2 N–H and O–H groups in total. The summed E-state index contributed by atoms with van der Waals surface area (Å²) in [6.07, 6.45) is 6.46. The fourth-order valence-corrected chi connectivity index (χ4v) is 2.99. The number of carbonyl (C=O) groups excluding carboxylic acids is 1. The maximum Gasteiger partial charge on any atom is 0.221 e. The summed E-state index contributed by atoms with van der Waals surface area (Å²) in [6.45, 7) is 1.41. The lowest BCUT2D eigenvalue weighted by Gasteiger charge is -2.12. The lowest BCUT2D eigenvalue weighted by Crippen LogP contribution is -2.32. The third-order valence-corrected chi connectivity index (χ3v) is 4.32. The van der Waals surface area contributed by atoms with Gasteiger partial charge in [-0.1, -0.05) is 18.9 Å². The van der Waals surface area contributed by atoms with Gasteiger partial charge in [0.15, 0.2) is 11.5 Å². The van der Waals surface area contributed by atoms with Crippen LogP contribution in [0.3, 0.4) is 0 Å². The summed E-state index contributed by atoms with van der Waals surface area (Å²) in [5.41, 5.74) is 1.12. The van der Waals surface area contributed by atoms with Gasteiger partial charge in [0.1, 0.15) is 0 Å². The van der Waals surface area contributed by atoms with E-state index in [4.69, 9.17) is 9.47 Å². The molecule has 1 saturated carbocycles. The normalized spacial score (nSPS) is 14.7. The molecular formula is C18H28N2O3. The fraction of sp³-hybridized carbons (Fsp3) is 0.611. The van der Waals surface area contributed by atoms with E-state index in [1.165, 1.54) is 25.7 Å². The molecule has 5 nitrogen and oxygen atoms in total. The molecule has 1 aliphatic carbocycles. The molecule has 0 atom stereocenters. The SMILES string of the molecule is COc1ccc(CCNC(=O)CCNC2CCCC2)cc1OC. The van der Waals surface area contributed by atoms with Crippen LogP contribution < -0.4 is 20.1 Å². The highest BCUT2D eigenvalue weighted by atomic mass is 16.5. The Morgan fingerprint density at radius 3 is 2.57 bits per heavy atom. The number of methoxy groups -OCH3 is 2. The van der Waals surface area contributed by atoms with Gasteiger partial charge in [-0.2, -0.15) is 0 Å². The van der Waals surface area contributed by atoms with Crippen molar-refractivity contribution in [2.45, 2.75) is 44.6 Å². The molecule has 1 fully saturated rings. The molecular weight excluding hydrogens is 292 g/mol. The van der Waals surface area contributed by atoms with Gasteiger partial charge >= 0.3 is 0 Å². The standard InChI is InChI=1S/C18H28N2O3/c1-22-16-8-7-14(13-17(16)23-2)9-11-20-18(21)10-12-19-15-5-3-4-6-15/h7-8,13,15,19H,3-6,9-12H2,1-2H3,(H,20,21). The van der Waals surface area contributed by atoms with Crippen molar-refractivity contribution in [2.24, 2.45) is 0 Å². The lowest BCUT2D eigenvalue weighted by molar-refractivity contribution is -0.120. The van der Waals surface area contributed by atoms with Gasteiger partial charge in [0.25, 0.3) is 0 Å². The number of rotatable bonds is 9. The second kappa shape index (κ2) is 9.40. The Kier molecular flexibility index (Phi) is 7.20. The number of amides is 1. The number of carbonyl (C=O) groups is 1. The largest absolute Gasteiger partial charge is 0.493 e. The predicted molar refractivity (Wildman–Crippen MR) is 91.1 cm³/mol. The van der Waals surface area contributed by atoms with Gasteiger partial charge in [0, 0.05) is 25.6 Å². The molecule has 0 heterocycles. The molecule has 2 rings (SSSR count). The maximum absolute atomic E-state index is 11.8. The third kappa shape index (κ3) is 5.75. The Hall–Kier alpha value is -1.75. The van der Waals surface area contributed by atoms with Crippen molar-refractivity contribution in [2.75, 3.05) is 27.3 Å². The van der Waals surface area contributed by atoms with E-state index in [0.29, 0.717) is 19.0 Å². The average Bonchev–Trinajstić information content (AvgIpc) is 3.08. The lowest BCUT2D eigenvalue weighted by atomic mass is 10.1. The summed E-state index contributed by atoms with van der Waals surface area (Å²) in [5.74, 6) is 1.55. The van der Waals surface area contributed by atoms with Gasteiger partial charge in [-0.3, -0.25) is 4.79 Å². The quantitative estimate of drug-likeness (QED) is 0.733. The highest BCUT2D eigenvalue weighted by Gasteiger charge is 2.14. The molecule has 1 aliphatic rings. The zero-order chi connectivity index (χ0) is 16.5. The van der Waals surface area contributed by atoms with Gasteiger partial charge < -0.3 is 20.1 Å². The second-order valence-corrected chi connectivity index (χ2v) is 5.97. The monoisotopic (exact) mass is 320 g/mol. The first-order chi connectivity index (χ1) is 11.2. The van der Waals surface area contributed by atoms with Crippen molar-refractivity contribution in [3.8, 4) is 11.5 Å². The molecule has 128 valence electrons. The van der Waals surface area contributed by atoms with Crippen LogP contribution in [0.25, 0.3) is 0 Å². The average molecular weight is 320 g/mol. The first kappa shape index (κ1) is 17.6. The van der Waals surface area contributed by atoms with Crippen molar-refractivity contribution in [1.82, 2.24) is 10.6 Å². The molecule has 5 heteroatoms. The molecule has 1 aromatic rings. The highest BCUT2D eigenvalue weighted by molar-refractivity contribution is 5.76. The van der Waals surface area contributed by atoms with Gasteiger partial charge in [-0.25, -0.2) is 0 Å². The molecule has 23 heavy (non-hydrogen) atoms. The van der Waals surface area contributed by atoms with E-state index in [0.717, 1.165) is 30.0 Å². The van der Waals surface area contributed by atoms with Crippen LogP contribution in [0, 0.1) is 0 Å². The minimum atomic E-state index is 0.107. The summed E-state index contributed by atoms with van der Waals surface area (Å²) in [7, 11) is 3.25. The first-order valence-corrected chi connectivity index (χ1v) is 8.44. The number of ether oxygens (including phenoxy) is 2. The second-order valence-electron chi connectivity index (χ2n) is 5.97. The Morgan fingerprint density at radius 2 is 1.87 bits per heavy atom. The number of hydrogen-bond donors (Lipinski definition) is 2. The number of benzene rings is 1. The van der Waals surface area contributed by atoms with Crippen molar-refractivity contribution in [3.63, 3.8) is 0 Å². The first-order valence-electron chi connectivity index (χ1n) is 8.44. The summed E-state index contributed by atoms with van der Waals surface area (Å²) < 4.78 is 10.5. The van der Waals surface area contributed by atoms with E-state index in [9.17, 15) is 4.79 Å². The Labute approximate surface area is 138 Å². The minimum absolute atomic E-state index is 0.107. The molecule has 1 amide bonds. The summed E-state index contributed by atoms with van der Waals surface area (Å²) in [5, 5.41) is 6.43. The van der Waals surface area contributed by atoms with E-state index in [2.05, 4.69) is 10.6 Å². The topological polar surface area (TPSA) is 59.6 Å². The van der Waals surface area contributed by atoms with Crippen LogP contribution in [0.15, 0.2) is 18.2 Å². The smallest absolute Gasteiger partial charge is 0.221 e. The van der Waals surface area contributed by atoms with Crippen LogP contribution in [0.2, 0.25) is 0 Å². The Morgan fingerprint density at radius 1 is 1.13 bits per heavy atom. The van der Waals surface area contributed by atoms with Gasteiger partial charge in [-0.15, -0.1) is 0 Å². The molecule has 0 radical (unpaired) electrons. The van der Waals surface area contributed by atoms with Crippen molar-refractivity contribution < 1.29 is 14.3 Å². The van der Waals surface area contributed by atoms with Gasteiger partial charge in [0.05, 0.1) is 14.2 Å². The van der Waals surface area contributed by atoms with Crippen molar-refractivity contribution in [3.05, 3.63) is 23.8 Å². The molecule has 0 unspecified atom stereocenters. The van der Waals surface area contributed by atoms with Crippen molar-refractivity contribution >= 4 is 5.91 Å². The Bertz CT molecular complexity index is 499. The summed E-state index contributed by atoms with van der Waals surface area (Å²) in [6, 6.07) is 6.46. The number of nitrogens with one attached hydrogen (secondary N) is 2. The summed E-state index contributed by atoms with van der Waals surface area (Å²) >= 11 is 0. The molecule has 0 aliphatic heterocycles. The van der Waals surface area contributed by atoms with Gasteiger partial charge in [0.2, 0.25) is 5.91 Å². The van der Waals surface area contributed by atoms with Crippen LogP contribution in [0.5, 0.6) is 11.5 Å². The fourth-order valence-electron chi connectivity index (χ4n) is 2.99. The van der Waals surface area contributed by atoms with Crippen molar-refractivity contribution in [1.29, 1.82) is 0 Å². The third-order valence-electron chi connectivity index (χ3n) is 4.32. The van der Waals surface area contributed by atoms with Crippen LogP contribution in [0.1, 0.15) is 37.7 Å². The van der Waals surface area contributed by atoms with E-state index in [1.807, 2.05) is 18.2 Å². The predicted octanol–water partition coefficient (Wildman–Crippen LogP) is 2.28. The van der Waals surface area contributed by atoms with E-state index in [1.54, 1.807) is 14.2 Å². The molecule has 0 saturated heterocycles. The molecule has 0 bridgehead atoms. The van der Waals surface area contributed by atoms with E-state index < -0.39 is 0 Å². The van der Waals surface area contributed by atoms with E-state index in [-0.39, 0.29) is 5.91 Å². The zero-order valence-corrected chi connectivity index (χ0v) is 14.2. The van der Waals surface area contributed by atoms with Gasteiger partial charge in [-0.05, 0) is 37.0 Å². The summed E-state index contributed by atoms with van der Waals surface area (Å²) in [4.78, 5) is 11.8. The van der Waals surface area contributed by atoms with Crippen LogP contribution in [-0.2, 0) is 11.2 Å². The van der Waals surface area contributed by atoms with Crippen LogP contribution >= 0.6 is 0 Å². The molecule has 1 aromatic carbocycles. The maximum atomic E-state index is 11.8. The van der Waals surface area contributed by atoms with E-state index >= 15 is 0 Å². The highest BCUT2D eigenvalue weighted by Crippen LogP contribution is 2.27. The minimum Gasteiger partial charge on any atom is -0.493 e. The van der Waals surface area contributed by atoms with Crippen LogP contribution in [0.4, 0.5) is 0 Å². The molecule has 0 spiro atoms.